The number of benzene rings is 1. The zero-order valence-corrected chi connectivity index (χ0v) is 11.6. The van der Waals surface area contributed by atoms with E-state index in [1.165, 1.54) is 6.07 Å². The van der Waals surface area contributed by atoms with E-state index in [9.17, 15) is 9.59 Å². The van der Waals surface area contributed by atoms with E-state index < -0.39 is 0 Å². The van der Waals surface area contributed by atoms with Crippen LogP contribution < -0.4 is 15.8 Å². The quantitative estimate of drug-likeness (QED) is 0.413. The first kappa shape index (κ1) is 15.1. The van der Waals surface area contributed by atoms with Crippen LogP contribution in [-0.2, 0) is 4.79 Å². The van der Waals surface area contributed by atoms with Gasteiger partial charge in [-0.15, -0.1) is 0 Å². The second-order valence-corrected chi connectivity index (χ2v) is 4.77. The summed E-state index contributed by atoms with van der Waals surface area (Å²) in [6.45, 7) is 0.545. The molecule has 112 valence electrons. The first-order valence-corrected chi connectivity index (χ1v) is 6.88. The predicted octanol–water partition coefficient (Wildman–Crippen LogP) is 1.97. The van der Waals surface area contributed by atoms with Gasteiger partial charge < -0.3 is 9.72 Å². The van der Waals surface area contributed by atoms with Crippen LogP contribution in [0.2, 0.25) is 0 Å². The Kier molecular flexibility index (Phi) is 5.34. The summed E-state index contributed by atoms with van der Waals surface area (Å²) in [5.74, 6) is 0.340. The van der Waals surface area contributed by atoms with Crippen molar-refractivity contribution in [1.82, 2.24) is 10.5 Å². The lowest BCUT2D eigenvalue weighted by Gasteiger charge is -2.07. The maximum atomic E-state index is 11.3. The molecule has 0 spiro atoms. The summed E-state index contributed by atoms with van der Waals surface area (Å²) >= 11 is 0. The third-order valence-corrected chi connectivity index (χ3v) is 3.14. The third-order valence-electron chi connectivity index (χ3n) is 3.14. The summed E-state index contributed by atoms with van der Waals surface area (Å²) < 4.78 is 5.62. The fraction of sp³-hybridized carbons (Fsp3) is 0.333. The molecule has 1 aromatic heterocycles. The number of H-pyrrole nitrogens is 1. The molecule has 0 aliphatic carbocycles. The van der Waals surface area contributed by atoms with Crippen molar-refractivity contribution in [2.24, 2.45) is 0 Å². The van der Waals surface area contributed by atoms with Crippen LogP contribution in [0.15, 0.2) is 35.1 Å². The van der Waals surface area contributed by atoms with Crippen LogP contribution in [0, 0.1) is 0 Å². The van der Waals surface area contributed by atoms with Gasteiger partial charge >= 0.3 is 0 Å². The molecule has 0 saturated heterocycles. The van der Waals surface area contributed by atoms with Crippen molar-refractivity contribution in [3.63, 3.8) is 0 Å². The summed E-state index contributed by atoms with van der Waals surface area (Å²) in [7, 11) is 0. The molecular formula is C15H18N2O4. The average Bonchev–Trinajstić information content (AvgIpc) is 2.49. The Labute approximate surface area is 121 Å². The highest BCUT2D eigenvalue weighted by Gasteiger charge is 2.00. The highest BCUT2D eigenvalue weighted by Crippen LogP contribution is 2.18. The number of carbonyl (C=O) groups is 1. The van der Waals surface area contributed by atoms with Crippen LogP contribution in [-0.4, -0.2) is 22.7 Å². The number of aromatic amines is 1. The van der Waals surface area contributed by atoms with Crippen molar-refractivity contribution in [2.75, 3.05) is 6.61 Å². The number of hydroxylamine groups is 1. The molecule has 2 rings (SSSR count). The van der Waals surface area contributed by atoms with E-state index in [0.29, 0.717) is 25.2 Å². The number of hydrogen-bond acceptors (Lipinski definition) is 4. The van der Waals surface area contributed by atoms with Crippen LogP contribution in [0.1, 0.15) is 25.7 Å². The molecule has 0 atom stereocenters. The molecule has 0 aliphatic rings. The maximum Gasteiger partial charge on any atom is 0.248 e. The van der Waals surface area contributed by atoms with Crippen LogP contribution >= 0.6 is 0 Å². The number of nitrogens with one attached hydrogen (secondary N) is 2. The molecule has 1 heterocycles. The van der Waals surface area contributed by atoms with Crippen molar-refractivity contribution >= 4 is 16.8 Å². The SMILES string of the molecule is O=C(CCCCCOc1ccc2ccc(=O)[nH]c2c1)NO. The minimum absolute atomic E-state index is 0.137. The number of carbonyl (C=O) groups excluding carboxylic acids is 1. The molecular weight excluding hydrogens is 272 g/mol. The number of aromatic nitrogens is 1. The highest BCUT2D eigenvalue weighted by molar-refractivity contribution is 5.79. The van der Waals surface area contributed by atoms with Gasteiger partial charge in [0.2, 0.25) is 11.5 Å². The van der Waals surface area contributed by atoms with Gasteiger partial charge in [-0.1, -0.05) is 0 Å². The van der Waals surface area contributed by atoms with Gasteiger partial charge in [-0.25, -0.2) is 5.48 Å². The van der Waals surface area contributed by atoms with E-state index >= 15 is 0 Å². The topological polar surface area (TPSA) is 91.4 Å². The number of ether oxygens (including phenoxy) is 1. The average molecular weight is 290 g/mol. The molecule has 0 aliphatic heterocycles. The van der Waals surface area contributed by atoms with Crippen molar-refractivity contribution in [3.8, 4) is 5.75 Å². The normalized spacial score (nSPS) is 10.5. The van der Waals surface area contributed by atoms with E-state index in [2.05, 4.69) is 4.98 Å². The summed E-state index contributed by atoms with van der Waals surface area (Å²) in [5, 5.41) is 9.30. The Hall–Kier alpha value is -2.34. The molecule has 0 radical (unpaired) electrons. The second-order valence-electron chi connectivity index (χ2n) is 4.77. The highest BCUT2D eigenvalue weighted by atomic mass is 16.5. The van der Waals surface area contributed by atoms with Gasteiger partial charge in [-0.05, 0) is 42.8 Å². The molecule has 1 amide bonds. The van der Waals surface area contributed by atoms with Crippen LogP contribution in [0.3, 0.4) is 0 Å². The lowest BCUT2D eigenvalue weighted by molar-refractivity contribution is -0.129. The van der Waals surface area contributed by atoms with Crippen molar-refractivity contribution in [2.45, 2.75) is 25.7 Å². The van der Waals surface area contributed by atoms with Gasteiger partial charge in [0.1, 0.15) is 5.75 Å². The van der Waals surface area contributed by atoms with Gasteiger partial charge in [0.15, 0.2) is 0 Å². The summed E-state index contributed by atoms with van der Waals surface area (Å²) in [4.78, 5) is 24.8. The third kappa shape index (κ3) is 4.61. The van der Waals surface area contributed by atoms with Gasteiger partial charge in [-0.2, -0.15) is 0 Å². The van der Waals surface area contributed by atoms with E-state index in [1.54, 1.807) is 17.6 Å². The molecule has 6 heteroatoms. The fourth-order valence-electron chi connectivity index (χ4n) is 2.03. The summed E-state index contributed by atoms with van der Waals surface area (Å²) in [6.07, 6.45) is 2.69. The Morgan fingerprint density at radius 1 is 1.19 bits per heavy atom. The van der Waals surface area contributed by atoms with E-state index in [1.807, 2.05) is 12.1 Å². The number of hydrogen-bond donors (Lipinski definition) is 3. The zero-order chi connectivity index (χ0) is 15.1. The number of fused-ring (bicyclic) bond motifs is 1. The predicted molar refractivity (Wildman–Crippen MR) is 78.5 cm³/mol. The molecule has 2 aromatic rings. The van der Waals surface area contributed by atoms with Gasteiger partial charge in [0.05, 0.1) is 12.1 Å². The Bertz CT molecular complexity index is 666. The van der Waals surface area contributed by atoms with Crippen LogP contribution in [0.5, 0.6) is 5.75 Å². The molecule has 6 nitrogen and oxygen atoms in total. The van der Waals surface area contributed by atoms with Crippen LogP contribution in [0.25, 0.3) is 10.9 Å². The molecule has 3 N–H and O–H groups in total. The molecule has 0 fully saturated rings. The van der Waals surface area contributed by atoms with Crippen molar-refractivity contribution in [1.29, 1.82) is 0 Å². The zero-order valence-electron chi connectivity index (χ0n) is 11.6. The monoisotopic (exact) mass is 290 g/mol. The second kappa shape index (κ2) is 7.44. The molecule has 0 saturated carbocycles. The van der Waals surface area contributed by atoms with Crippen LogP contribution in [0.4, 0.5) is 0 Å². The van der Waals surface area contributed by atoms with Crippen molar-refractivity contribution in [3.05, 3.63) is 40.7 Å². The standard InChI is InChI=1S/C15H18N2O4/c18-14-8-6-11-5-7-12(10-13(11)16-14)21-9-3-1-2-4-15(19)17-20/h5-8,10,20H,1-4,9H2,(H,16,18)(H,17,19). The number of unbranched alkanes of at least 4 members (excludes halogenated alkanes) is 2. The van der Waals surface area contributed by atoms with Gasteiger partial charge in [0.25, 0.3) is 0 Å². The molecule has 1 aromatic carbocycles. The van der Waals surface area contributed by atoms with Gasteiger partial charge in [-0.3, -0.25) is 14.8 Å². The Morgan fingerprint density at radius 2 is 2.00 bits per heavy atom. The van der Waals surface area contributed by atoms with E-state index in [-0.39, 0.29) is 11.5 Å². The van der Waals surface area contributed by atoms with E-state index in [4.69, 9.17) is 9.94 Å². The molecule has 21 heavy (non-hydrogen) atoms. The molecule has 0 bridgehead atoms. The summed E-state index contributed by atoms with van der Waals surface area (Å²) in [6, 6.07) is 8.82. The first-order valence-electron chi connectivity index (χ1n) is 6.88. The smallest absolute Gasteiger partial charge is 0.248 e. The Balaban J connectivity index is 1.78. The van der Waals surface area contributed by atoms with Crippen molar-refractivity contribution < 1.29 is 14.7 Å². The number of rotatable bonds is 7. The number of pyridine rings is 1. The molecule has 0 unspecified atom stereocenters. The number of amides is 1. The lowest BCUT2D eigenvalue weighted by atomic mass is 10.2. The fourth-order valence-corrected chi connectivity index (χ4v) is 2.03. The first-order chi connectivity index (χ1) is 10.2. The minimum atomic E-state index is -0.366. The maximum absolute atomic E-state index is 11.3. The lowest BCUT2D eigenvalue weighted by Crippen LogP contribution is -2.17. The van der Waals surface area contributed by atoms with Gasteiger partial charge in [0, 0.05) is 18.6 Å². The summed E-state index contributed by atoms with van der Waals surface area (Å²) in [5.41, 5.74) is 2.22. The Morgan fingerprint density at radius 3 is 2.81 bits per heavy atom. The minimum Gasteiger partial charge on any atom is -0.494 e. The van der Waals surface area contributed by atoms with E-state index in [0.717, 1.165) is 23.7 Å². The largest absolute Gasteiger partial charge is 0.494 e.